The zero-order valence-corrected chi connectivity index (χ0v) is 17.3. The van der Waals surface area contributed by atoms with Gasteiger partial charge >= 0.3 is 0 Å². The molecule has 1 heterocycles. The third-order valence-electron chi connectivity index (χ3n) is 3.61. The molecule has 0 radical (unpaired) electrons. The van der Waals surface area contributed by atoms with Crippen molar-refractivity contribution in [3.8, 4) is 0 Å². The molecule has 1 aliphatic rings. The number of nitrogens with zero attached hydrogens (tertiary/aromatic N) is 2. The third-order valence-corrected chi connectivity index (χ3v) is 6.54. The van der Waals surface area contributed by atoms with Gasteiger partial charge in [-0.15, -0.1) is 11.0 Å². The zero-order chi connectivity index (χ0) is 19.4. The van der Waals surface area contributed by atoms with Gasteiger partial charge < -0.3 is 0 Å². The van der Waals surface area contributed by atoms with E-state index in [0.29, 0.717) is 4.91 Å². The molecular formula is C19H15BrN2O3S2. The van der Waals surface area contributed by atoms with Gasteiger partial charge in [-0.2, -0.15) is 8.42 Å². The lowest BCUT2D eigenvalue weighted by Gasteiger charge is -2.12. The monoisotopic (exact) mass is 462 g/mol. The highest BCUT2D eigenvalue weighted by atomic mass is 79.9. The van der Waals surface area contributed by atoms with Crippen molar-refractivity contribution in [2.24, 2.45) is 4.40 Å². The van der Waals surface area contributed by atoms with Crippen LogP contribution in [0, 0.1) is 0 Å². The highest BCUT2D eigenvalue weighted by Gasteiger charge is 2.34. The molecule has 0 bridgehead atoms. The average Bonchev–Trinajstić information content (AvgIpc) is 2.93. The normalized spacial score (nSPS) is 17.7. The number of amides is 1. The Bertz CT molecular complexity index is 1030. The van der Waals surface area contributed by atoms with Gasteiger partial charge in [0.25, 0.3) is 15.9 Å². The molecule has 0 spiro atoms. The number of thioether (sulfide) groups is 1. The number of hydrogen-bond donors (Lipinski definition) is 0. The second-order valence-corrected chi connectivity index (χ2v) is 9.06. The maximum atomic E-state index is 12.7. The van der Waals surface area contributed by atoms with Crippen LogP contribution in [0.3, 0.4) is 0 Å². The van der Waals surface area contributed by atoms with Crippen molar-refractivity contribution in [3.63, 3.8) is 0 Å². The summed E-state index contributed by atoms with van der Waals surface area (Å²) >= 11 is 4.40. The van der Waals surface area contributed by atoms with Gasteiger partial charge in [0.05, 0.1) is 9.80 Å². The van der Waals surface area contributed by atoms with Crippen molar-refractivity contribution >= 4 is 54.9 Å². The van der Waals surface area contributed by atoms with E-state index >= 15 is 0 Å². The predicted molar refractivity (Wildman–Crippen MR) is 113 cm³/mol. The van der Waals surface area contributed by atoms with Gasteiger partial charge in [0.15, 0.2) is 5.17 Å². The molecular weight excluding hydrogens is 448 g/mol. The van der Waals surface area contributed by atoms with Gasteiger partial charge in [0.1, 0.15) is 0 Å². The molecule has 5 nitrogen and oxygen atoms in total. The van der Waals surface area contributed by atoms with E-state index in [-0.39, 0.29) is 22.5 Å². The van der Waals surface area contributed by atoms with E-state index in [1.165, 1.54) is 23.1 Å². The summed E-state index contributed by atoms with van der Waals surface area (Å²) in [6, 6.07) is 15.4. The lowest BCUT2D eigenvalue weighted by atomic mass is 10.2. The average molecular weight is 463 g/mol. The summed E-state index contributed by atoms with van der Waals surface area (Å²) in [5, 5.41) is 0.118. The van der Waals surface area contributed by atoms with E-state index in [4.69, 9.17) is 0 Å². The van der Waals surface area contributed by atoms with E-state index in [1.54, 1.807) is 24.3 Å². The minimum absolute atomic E-state index is 0.0782. The molecule has 138 valence electrons. The van der Waals surface area contributed by atoms with Crippen LogP contribution in [0.2, 0.25) is 0 Å². The van der Waals surface area contributed by atoms with E-state index in [1.807, 2.05) is 24.3 Å². The molecule has 0 aliphatic carbocycles. The summed E-state index contributed by atoms with van der Waals surface area (Å²) in [5.41, 5.74) is 0.833. The van der Waals surface area contributed by atoms with Gasteiger partial charge in [-0.1, -0.05) is 52.3 Å². The summed E-state index contributed by atoms with van der Waals surface area (Å²) in [6.45, 7) is 3.81. The maximum absolute atomic E-state index is 12.7. The van der Waals surface area contributed by atoms with E-state index in [2.05, 4.69) is 26.9 Å². The van der Waals surface area contributed by atoms with Crippen LogP contribution < -0.4 is 0 Å². The molecule has 1 aliphatic heterocycles. The summed E-state index contributed by atoms with van der Waals surface area (Å²) in [5.74, 6) is -0.301. The third kappa shape index (κ3) is 4.58. The number of carbonyl (C=O) groups is 1. The van der Waals surface area contributed by atoms with Gasteiger partial charge in [0.2, 0.25) is 0 Å². The topological polar surface area (TPSA) is 66.8 Å². The minimum atomic E-state index is -3.91. The lowest BCUT2D eigenvalue weighted by molar-refractivity contribution is -0.121. The van der Waals surface area contributed by atoms with E-state index in [9.17, 15) is 13.2 Å². The molecule has 0 atom stereocenters. The molecule has 0 aromatic heterocycles. The lowest BCUT2D eigenvalue weighted by Crippen LogP contribution is -2.29. The van der Waals surface area contributed by atoms with Gasteiger partial charge in [-0.3, -0.25) is 9.69 Å². The molecule has 1 fully saturated rings. The van der Waals surface area contributed by atoms with Crippen molar-refractivity contribution in [3.05, 3.63) is 82.2 Å². The molecule has 0 N–H and O–H groups in total. The number of hydrogen-bond acceptors (Lipinski definition) is 4. The largest absolute Gasteiger partial charge is 0.284 e. The number of benzene rings is 2. The highest BCUT2D eigenvalue weighted by molar-refractivity contribution is 9.10. The fraction of sp³-hybridized carbons (Fsp3) is 0.0526. The van der Waals surface area contributed by atoms with Crippen LogP contribution in [0.25, 0.3) is 6.08 Å². The molecule has 27 heavy (non-hydrogen) atoms. The highest BCUT2D eigenvalue weighted by Crippen LogP contribution is 2.33. The summed E-state index contributed by atoms with van der Waals surface area (Å²) < 4.78 is 29.9. The van der Waals surface area contributed by atoms with Crippen LogP contribution in [0.5, 0.6) is 0 Å². The maximum Gasteiger partial charge on any atom is 0.284 e. The first-order valence-electron chi connectivity index (χ1n) is 7.88. The molecule has 8 heteroatoms. The molecule has 0 unspecified atom stereocenters. The molecule has 1 amide bonds. The molecule has 3 rings (SSSR count). The van der Waals surface area contributed by atoms with E-state index < -0.39 is 10.0 Å². The summed E-state index contributed by atoms with van der Waals surface area (Å²) in [7, 11) is -3.91. The first kappa shape index (κ1) is 19.6. The second kappa shape index (κ2) is 8.24. The Balaban J connectivity index is 1.98. The van der Waals surface area contributed by atoms with Crippen molar-refractivity contribution in [2.45, 2.75) is 4.90 Å². The number of halogens is 1. The van der Waals surface area contributed by atoms with Gasteiger partial charge in [0, 0.05) is 11.0 Å². The fourth-order valence-corrected chi connectivity index (χ4v) is 4.80. The Morgan fingerprint density at radius 2 is 1.78 bits per heavy atom. The van der Waals surface area contributed by atoms with Gasteiger partial charge in [-0.05, 0) is 47.7 Å². The Kier molecular flexibility index (Phi) is 5.98. The van der Waals surface area contributed by atoms with Crippen molar-refractivity contribution in [2.75, 3.05) is 6.54 Å². The van der Waals surface area contributed by atoms with Crippen molar-refractivity contribution in [1.82, 2.24) is 4.90 Å². The minimum Gasteiger partial charge on any atom is -0.282 e. The Hall–Kier alpha value is -2.16. The molecule has 1 saturated heterocycles. The Labute approximate surface area is 170 Å². The first-order valence-corrected chi connectivity index (χ1v) is 10.9. The quantitative estimate of drug-likeness (QED) is 0.490. The van der Waals surface area contributed by atoms with Crippen LogP contribution in [0.4, 0.5) is 0 Å². The van der Waals surface area contributed by atoms with Gasteiger partial charge in [-0.25, -0.2) is 0 Å². The second-order valence-electron chi connectivity index (χ2n) is 5.53. The summed E-state index contributed by atoms with van der Waals surface area (Å²) in [4.78, 5) is 14.5. The molecule has 2 aromatic rings. The Morgan fingerprint density at radius 1 is 1.11 bits per heavy atom. The molecule has 0 saturated carbocycles. The first-order chi connectivity index (χ1) is 12.9. The van der Waals surface area contributed by atoms with Crippen molar-refractivity contribution < 1.29 is 13.2 Å². The molecule has 2 aromatic carbocycles. The Morgan fingerprint density at radius 3 is 2.41 bits per heavy atom. The number of sulfonamides is 1. The zero-order valence-electron chi connectivity index (χ0n) is 14.1. The van der Waals surface area contributed by atoms with Crippen LogP contribution in [-0.4, -0.2) is 30.9 Å². The van der Waals surface area contributed by atoms with Crippen LogP contribution in [-0.2, 0) is 14.8 Å². The summed E-state index contributed by atoms with van der Waals surface area (Å²) in [6.07, 6.45) is 3.25. The number of amidine groups is 1. The van der Waals surface area contributed by atoms with E-state index in [0.717, 1.165) is 21.8 Å². The van der Waals surface area contributed by atoms with Crippen LogP contribution in [0.1, 0.15) is 5.56 Å². The SMILES string of the molecule is C=CCN1C(=O)/C(=C\c2ccc(Br)cc2)S/C1=N\S(=O)(=O)c1ccccc1. The smallest absolute Gasteiger partial charge is 0.282 e. The standard InChI is InChI=1S/C19H15BrN2O3S2/c1-2-12-22-18(23)17(13-14-8-10-15(20)11-9-14)26-19(22)21-27(24,25)16-6-4-3-5-7-16/h2-11,13H,1,12H2/b17-13+,21-19-. The van der Waals surface area contributed by atoms with Crippen molar-refractivity contribution in [1.29, 1.82) is 0 Å². The fourth-order valence-electron chi connectivity index (χ4n) is 2.32. The number of carbonyl (C=O) groups excluding carboxylic acids is 1. The van der Waals surface area contributed by atoms with Crippen LogP contribution >= 0.6 is 27.7 Å². The van der Waals surface area contributed by atoms with Crippen LogP contribution in [0.15, 0.2) is 85.9 Å². The predicted octanol–water partition coefficient (Wildman–Crippen LogP) is 4.30. The number of rotatable bonds is 5.